The highest BCUT2D eigenvalue weighted by Gasteiger charge is 2.16. The van der Waals surface area contributed by atoms with Crippen molar-refractivity contribution >= 4 is 6.09 Å². The Bertz CT molecular complexity index is 722. The third-order valence-corrected chi connectivity index (χ3v) is 3.51. The molecule has 0 saturated heterocycles. The van der Waals surface area contributed by atoms with Gasteiger partial charge < -0.3 is 19.9 Å². The summed E-state index contributed by atoms with van der Waals surface area (Å²) in [5.41, 5.74) is 1.84. The summed E-state index contributed by atoms with van der Waals surface area (Å²) >= 11 is 0. The molecule has 5 nitrogen and oxygen atoms in total. The summed E-state index contributed by atoms with van der Waals surface area (Å²) in [5, 5.41) is 13.3. The molecule has 2 rings (SSSR count). The van der Waals surface area contributed by atoms with E-state index in [-0.39, 0.29) is 0 Å². The summed E-state index contributed by atoms with van der Waals surface area (Å²) in [5.74, 6) is 0.694. The van der Waals surface area contributed by atoms with E-state index in [2.05, 4.69) is 5.32 Å². The van der Waals surface area contributed by atoms with Gasteiger partial charge in [0.1, 0.15) is 17.5 Å². The minimum Gasteiger partial charge on any atom is -0.497 e. The van der Waals surface area contributed by atoms with Crippen LogP contribution < -0.4 is 10.1 Å². The van der Waals surface area contributed by atoms with Gasteiger partial charge in [-0.2, -0.15) is 0 Å². The van der Waals surface area contributed by atoms with Crippen molar-refractivity contribution in [2.45, 2.75) is 39.0 Å². The number of hydrogen-bond acceptors (Lipinski definition) is 4. The van der Waals surface area contributed by atoms with Crippen molar-refractivity contribution in [1.29, 1.82) is 0 Å². The number of carbonyl (C=O) groups is 1. The second-order valence-corrected chi connectivity index (χ2v) is 6.78. The van der Waals surface area contributed by atoms with Gasteiger partial charge in [0.25, 0.3) is 0 Å². The molecule has 1 unspecified atom stereocenters. The third-order valence-electron chi connectivity index (χ3n) is 3.51. The molecule has 0 spiro atoms. The Morgan fingerprint density at radius 3 is 2.40 bits per heavy atom. The lowest BCUT2D eigenvalue weighted by Crippen LogP contribution is -2.32. The average Bonchev–Trinajstić information content (AvgIpc) is 2.58. The molecule has 0 radical (unpaired) electrons. The first kappa shape index (κ1) is 18.8. The van der Waals surface area contributed by atoms with Crippen LogP contribution >= 0.6 is 0 Å². The quantitative estimate of drug-likeness (QED) is 0.866. The van der Waals surface area contributed by atoms with Gasteiger partial charge in [0.2, 0.25) is 0 Å². The van der Waals surface area contributed by atoms with Crippen LogP contribution in [0, 0.1) is 0 Å². The second kappa shape index (κ2) is 8.03. The van der Waals surface area contributed by atoms with E-state index in [0.29, 0.717) is 12.3 Å². The van der Waals surface area contributed by atoms with E-state index >= 15 is 0 Å². The molecule has 25 heavy (non-hydrogen) atoms. The minimum absolute atomic E-state index is 0.327. The lowest BCUT2D eigenvalue weighted by molar-refractivity contribution is 0.0523. The van der Waals surface area contributed by atoms with Gasteiger partial charge in [0.05, 0.1) is 7.11 Å². The van der Waals surface area contributed by atoms with Crippen molar-refractivity contribution in [2.75, 3.05) is 7.11 Å². The highest BCUT2D eigenvalue weighted by molar-refractivity contribution is 5.67. The molecule has 0 saturated carbocycles. The molecule has 0 heterocycles. The molecular formula is C20H25NO4. The Hall–Kier alpha value is -2.53. The number of rotatable bonds is 5. The molecule has 2 N–H and O–H groups in total. The van der Waals surface area contributed by atoms with E-state index in [1.54, 1.807) is 13.2 Å². The molecule has 1 atom stereocenters. The second-order valence-electron chi connectivity index (χ2n) is 6.78. The van der Waals surface area contributed by atoms with Crippen LogP contribution in [0.2, 0.25) is 0 Å². The Labute approximate surface area is 148 Å². The first-order chi connectivity index (χ1) is 11.8. The molecule has 134 valence electrons. The van der Waals surface area contributed by atoms with Crippen LogP contribution in [0.15, 0.2) is 48.5 Å². The molecule has 0 aliphatic heterocycles. The maximum atomic E-state index is 11.7. The summed E-state index contributed by atoms with van der Waals surface area (Å²) in [7, 11) is 1.59. The Balaban J connectivity index is 2.06. The molecule has 0 aliphatic rings. The number of benzene rings is 2. The highest BCUT2D eigenvalue weighted by atomic mass is 16.6. The molecule has 1 amide bonds. The van der Waals surface area contributed by atoms with Crippen molar-refractivity contribution < 1.29 is 19.4 Å². The van der Waals surface area contributed by atoms with E-state index in [9.17, 15) is 9.90 Å². The van der Waals surface area contributed by atoms with E-state index in [0.717, 1.165) is 16.7 Å². The van der Waals surface area contributed by atoms with E-state index in [1.165, 1.54) is 0 Å². The Morgan fingerprint density at radius 1 is 1.12 bits per heavy atom. The van der Waals surface area contributed by atoms with Crippen LogP contribution in [-0.4, -0.2) is 23.9 Å². The fourth-order valence-corrected chi connectivity index (χ4v) is 2.37. The van der Waals surface area contributed by atoms with Crippen LogP contribution in [0.4, 0.5) is 4.79 Å². The lowest BCUT2D eigenvalue weighted by atomic mass is 9.99. The number of carbonyl (C=O) groups excluding carboxylic acids is 1. The van der Waals surface area contributed by atoms with Gasteiger partial charge >= 0.3 is 6.09 Å². The number of alkyl carbamates (subject to hydrolysis) is 1. The predicted molar refractivity (Wildman–Crippen MR) is 96.6 cm³/mol. The zero-order valence-electron chi connectivity index (χ0n) is 15.1. The van der Waals surface area contributed by atoms with Gasteiger partial charge in [0.15, 0.2) is 0 Å². The summed E-state index contributed by atoms with van der Waals surface area (Å²) in [4.78, 5) is 11.7. The normalized spacial score (nSPS) is 12.4. The largest absolute Gasteiger partial charge is 0.497 e. The Morgan fingerprint density at radius 2 is 1.76 bits per heavy atom. The van der Waals surface area contributed by atoms with Gasteiger partial charge in [-0.3, -0.25) is 0 Å². The maximum absolute atomic E-state index is 11.7. The molecule has 0 fully saturated rings. The highest BCUT2D eigenvalue weighted by Crippen LogP contribution is 2.25. The summed E-state index contributed by atoms with van der Waals surface area (Å²) in [6.07, 6.45) is -1.23. The molecule has 5 heteroatoms. The number of amides is 1. The summed E-state index contributed by atoms with van der Waals surface area (Å²) < 4.78 is 10.4. The minimum atomic E-state index is -0.767. The van der Waals surface area contributed by atoms with Crippen LogP contribution in [0.25, 0.3) is 0 Å². The van der Waals surface area contributed by atoms with Crippen molar-refractivity contribution in [1.82, 2.24) is 5.32 Å². The Kier molecular flexibility index (Phi) is 6.04. The van der Waals surface area contributed by atoms with Crippen LogP contribution in [0.1, 0.15) is 43.6 Å². The lowest BCUT2D eigenvalue weighted by Gasteiger charge is -2.20. The number of methoxy groups -OCH3 is 1. The first-order valence-corrected chi connectivity index (χ1v) is 8.16. The zero-order chi connectivity index (χ0) is 18.4. The third kappa shape index (κ3) is 5.80. The molecule has 0 aromatic heterocycles. The monoisotopic (exact) mass is 343 g/mol. The van der Waals surface area contributed by atoms with E-state index in [4.69, 9.17) is 9.47 Å². The number of aliphatic hydroxyl groups excluding tert-OH is 1. The van der Waals surface area contributed by atoms with Crippen molar-refractivity contribution in [3.8, 4) is 5.75 Å². The van der Waals surface area contributed by atoms with E-state index < -0.39 is 17.8 Å². The molecule has 0 aliphatic carbocycles. The van der Waals surface area contributed by atoms with Gasteiger partial charge in [-0.25, -0.2) is 4.79 Å². The zero-order valence-corrected chi connectivity index (χ0v) is 15.1. The van der Waals surface area contributed by atoms with Crippen LogP contribution in [-0.2, 0) is 11.3 Å². The SMILES string of the molecule is COc1cccc(C(O)c2cccc(CNC(=O)OC(C)(C)C)c2)c1. The van der Waals surface area contributed by atoms with Gasteiger partial charge in [-0.05, 0) is 49.6 Å². The van der Waals surface area contributed by atoms with Crippen molar-refractivity contribution in [2.24, 2.45) is 0 Å². The number of aliphatic hydroxyl groups is 1. The van der Waals surface area contributed by atoms with E-state index in [1.807, 2.05) is 63.2 Å². The fraction of sp³-hybridized carbons (Fsp3) is 0.350. The predicted octanol–water partition coefficient (Wildman–Crippen LogP) is 3.80. The molecule has 0 bridgehead atoms. The standard InChI is InChI=1S/C20H25NO4/c1-20(2,3)25-19(23)21-13-14-7-5-8-15(11-14)18(22)16-9-6-10-17(12-16)24-4/h5-12,18,22H,13H2,1-4H3,(H,21,23). The number of ether oxygens (including phenoxy) is 2. The average molecular weight is 343 g/mol. The number of hydrogen-bond donors (Lipinski definition) is 2. The smallest absolute Gasteiger partial charge is 0.407 e. The summed E-state index contributed by atoms with van der Waals surface area (Å²) in [6.45, 7) is 5.78. The molecule has 2 aromatic rings. The topological polar surface area (TPSA) is 67.8 Å². The van der Waals surface area contributed by atoms with Crippen molar-refractivity contribution in [3.63, 3.8) is 0 Å². The van der Waals surface area contributed by atoms with Crippen LogP contribution in [0.5, 0.6) is 5.75 Å². The number of nitrogens with one attached hydrogen (secondary N) is 1. The van der Waals surface area contributed by atoms with Gasteiger partial charge in [-0.1, -0.05) is 36.4 Å². The van der Waals surface area contributed by atoms with Crippen molar-refractivity contribution in [3.05, 3.63) is 65.2 Å². The summed E-state index contributed by atoms with van der Waals surface area (Å²) in [6, 6.07) is 14.8. The maximum Gasteiger partial charge on any atom is 0.407 e. The fourth-order valence-electron chi connectivity index (χ4n) is 2.37. The first-order valence-electron chi connectivity index (χ1n) is 8.16. The van der Waals surface area contributed by atoms with Gasteiger partial charge in [0, 0.05) is 6.54 Å². The molecule has 2 aromatic carbocycles. The van der Waals surface area contributed by atoms with Crippen LogP contribution in [0.3, 0.4) is 0 Å². The van der Waals surface area contributed by atoms with Gasteiger partial charge in [-0.15, -0.1) is 0 Å². The molecular weight excluding hydrogens is 318 g/mol.